The van der Waals surface area contributed by atoms with Gasteiger partial charge in [-0.25, -0.2) is 0 Å². The summed E-state index contributed by atoms with van der Waals surface area (Å²) in [5, 5.41) is 17.4. The van der Waals surface area contributed by atoms with Crippen molar-refractivity contribution < 1.29 is 9.94 Å². The molecule has 0 spiro atoms. The summed E-state index contributed by atoms with van der Waals surface area (Å²) < 4.78 is 0.929. The summed E-state index contributed by atoms with van der Waals surface area (Å²) in [6.45, 7) is 1.75. The van der Waals surface area contributed by atoms with Gasteiger partial charge in [-0.05, 0) is 6.07 Å². The van der Waals surface area contributed by atoms with E-state index in [1.807, 2.05) is 6.07 Å². The molecule has 1 aromatic rings. The third-order valence-electron chi connectivity index (χ3n) is 1.26. The molecular weight excluding hydrogens is 128 g/mol. The molecule has 1 aromatic heterocycles. The Kier molecular flexibility index (Phi) is 1.55. The molecule has 10 heavy (non-hydrogen) atoms. The third kappa shape index (κ3) is 1.06. The predicted molar refractivity (Wildman–Crippen MR) is 33.3 cm³/mol. The Bertz CT molecular complexity index is 288. The van der Waals surface area contributed by atoms with Gasteiger partial charge >= 0.3 is 0 Å². The van der Waals surface area contributed by atoms with Crippen molar-refractivity contribution in [3.8, 4) is 6.07 Å². The summed E-state index contributed by atoms with van der Waals surface area (Å²) >= 11 is 0. The molecule has 0 saturated heterocycles. The van der Waals surface area contributed by atoms with Crippen LogP contribution in [0.1, 0.15) is 11.3 Å². The Balaban J connectivity index is 3.20. The van der Waals surface area contributed by atoms with Gasteiger partial charge in [0.15, 0.2) is 0 Å². The normalized spacial score (nSPS) is 8.80. The van der Waals surface area contributed by atoms with Gasteiger partial charge in [-0.2, -0.15) is 5.26 Å². The third-order valence-corrected chi connectivity index (χ3v) is 1.26. The highest BCUT2D eigenvalue weighted by Gasteiger charge is 2.03. The molecule has 3 nitrogen and oxygen atoms in total. The van der Waals surface area contributed by atoms with Crippen molar-refractivity contribution in [1.82, 2.24) is 0 Å². The number of nitrogens with zero attached hydrogens (tertiary/aromatic N) is 2. The largest absolute Gasteiger partial charge is 0.285 e. The summed E-state index contributed by atoms with van der Waals surface area (Å²) in [5.74, 6) is 0. The number of pyridine rings is 1. The number of hydrogen-bond acceptors (Lipinski definition) is 2. The topological polar surface area (TPSA) is 47.9 Å². The fourth-order valence-corrected chi connectivity index (χ4v) is 0.629. The van der Waals surface area contributed by atoms with Crippen molar-refractivity contribution in [3.05, 3.63) is 29.6 Å². The first-order valence-electron chi connectivity index (χ1n) is 2.85. The van der Waals surface area contributed by atoms with Gasteiger partial charge < -0.3 is 0 Å². The molecule has 0 aliphatic rings. The van der Waals surface area contributed by atoms with E-state index in [4.69, 9.17) is 10.5 Å². The van der Waals surface area contributed by atoms with Crippen LogP contribution in [0.15, 0.2) is 18.3 Å². The van der Waals surface area contributed by atoms with Crippen LogP contribution < -0.4 is 4.73 Å². The van der Waals surface area contributed by atoms with Gasteiger partial charge in [-0.15, -0.1) is 0 Å². The highest BCUT2D eigenvalue weighted by molar-refractivity contribution is 5.23. The summed E-state index contributed by atoms with van der Waals surface area (Å²) in [6.07, 6.45) is 1.37. The highest BCUT2D eigenvalue weighted by atomic mass is 16.5. The van der Waals surface area contributed by atoms with E-state index < -0.39 is 0 Å². The fraction of sp³-hybridized carbons (Fsp3) is 0.143. The molecule has 0 atom stereocenters. The van der Waals surface area contributed by atoms with Crippen LogP contribution in [-0.2, 0) is 0 Å². The Morgan fingerprint density at radius 2 is 2.30 bits per heavy atom. The van der Waals surface area contributed by atoms with Gasteiger partial charge in [0, 0.05) is 17.7 Å². The van der Waals surface area contributed by atoms with Crippen LogP contribution in [0.3, 0.4) is 0 Å². The maximum absolute atomic E-state index is 9.00. The molecule has 0 unspecified atom stereocenters. The van der Waals surface area contributed by atoms with E-state index in [-0.39, 0.29) is 0 Å². The molecule has 1 rings (SSSR count). The average molecular weight is 135 g/mol. The molecule has 0 aromatic carbocycles. The maximum atomic E-state index is 9.00. The monoisotopic (exact) mass is 135 g/mol. The summed E-state index contributed by atoms with van der Waals surface area (Å²) in [6, 6.07) is 5.25. The molecule has 0 amide bonds. The minimum Gasteiger partial charge on any atom is -0.285 e. The van der Waals surface area contributed by atoms with Crippen LogP contribution >= 0.6 is 0 Å². The van der Waals surface area contributed by atoms with Gasteiger partial charge in [0.25, 0.3) is 0 Å². The zero-order chi connectivity index (χ0) is 7.56. The lowest BCUT2D eigenvalue weighted by Gasteiger charge is -1.87. The maximum Gasteiger partial charge on any atom is 0.240 e. The Labute approximate surface area is 58.7 Å². The zero-order valence-electron chi connectivity index (χ0n) is 5.57. The predicted octanol–water partition coefficient (Wildman–Crippen LogP) is 0.392. The van der Waals surface area contributed by atoms with E-state index in [2.05, 4.69) is 0 Å². The first kappa shape index (κ1) is 6.56. The fourth-order valence-electron chi connectivity index (χ4n) is 0.629. The lowest BCUT2D eigenvalue weighted by Crippen LogP contribution is -2.33. The number of aromatic nitrogens is 1. The van der Waals surface area contributed by atoms with E-state index >= 15 is 0 Å². The molecule has 1 N–H and O–H groups in total. The summed E-state index contributed by atoms with van der Waals surface area (Å²) in [5.41, 5.74) is 1.16. The molecule has 0 bridgehead atoms. The minimum atomic E-state index is 0.452. The smallest absolute Gasteiger partial charge is 0.240 e. The molecule has 1 heterocycles. The Morgan fingerprint density at radius 3 is 2.80 bits per heavy atom. The Hall–Kier alpha value is -1.56. The second kappa shape index (κ2) is 2.36. The van der Waals surface area contributed by atoms with Crippen molar-refractivity contribution in [1.29, 1.82) is 5.26 Å². The quantitative estimate of drug-likeness (QED) is 0.413. The van der Waals surface area contributed by atoms with Crippen LogP contribution in [0.2, 0.25) is 0 Å². The molecule has 0 radical (unpaired) electrons. The molecule has 0 aliphatic carbocycles. The van der Waals surface area contributed by atoms with Crippen molar-refractivity contribution in [2.45, 2.75) is 6.92 Å². The molecule has 50 valence electrons. The van der Waals surface area contributed by atoms with Crippen molar-refractivity contribution in [3.63, 3.8) is 0 Å². The SMILES string of the molecule is Cc1ccc(C#N)c[n+]1O. The van der Waals surface area contributed by atoms with E-state index in [0.717, 1.165) is 4.73 Å². The van der Waals surface area contributed by atoms with Crippen LogP contribution in [0, 0.1) is 18.3 Å². The minimum absolute atomic E-state index is 0.452. The lowest BCUT2D eigenvalue weighted by atomic mass is 10.3. The van der Waals surface area contributed by atoms with E-state index in [9.17, 15) is 0 Å². The van der Waals surface area contributed by atoms with Crippen LogP contribution in [-0.4, -0.2) is 5.21 Å². The molecule has 0 saturated carbocycles. The summed E-state index contributed by atoms with van der Waals surface area (Å²) in [7, 11) is 0. The van der Waals surface area contributed by atoms with Crippen LogP contribution in [0.5, 0.6) is 0 Å². The standard InChI is InChI=1S/C7H7N2O/c1-6-2-3-7(4-8)5-9(6)10/h2-3,5,10H,1H3/q+1. The molecular formula is C7H7N2O+. The van der Waals surface area contributed by atoms with Gasteiger partial charge in [-0.3, -0.25) is 5.21 Å². The van der Waals surface area contributed by atoms with Crippen LogP contribution in [0.25, 0.3) is 0 Å². The number of hydrogen-bond donors (Lipinski definition) is 1. The molecule has 0 fully saturated rings. The van der Waals surface area contributed by atoms with Gasteiger partial charge in [0.1, 0.15) is 11.6 Å². The second-order valence-electron chi connectivity index (χ2n) is 2.02. The van der Waals surface area contributed by atoms with Gasteiger partial charge in [0.2, 0.25) is 11.9 Å². The first-order chi connectivity index (χ1) is 4.74. The van der Waals surface area contributed by atoms with Crippen molar-refractivity contribution in [2.75, 3.05) is 0 Å². The van der Waals surface area contributed by atoms with Crippen LogP contribution in [0.4, 0.5) is 0 Å². The van der Waals surface area contributed by atoms with Gasteiger partial charge in [-0.1, -0.05) is 0 Å². The zero-order valence-corrected chi connectivity index (χ0v) is 5.57. The van der Waals surface area contributed by atoms with E-state index in [1.54, 1.807) is 19.1 Å². The number of rotatable bonds is 0. The average Bonchev–Trinajstić information content (AvgIpc) is 1.95. The number of aryl methyl sites for hydroxylation is 1. The van der Waals surface area contributed by atoms with E-state index in [1.165, 1.54) is 6.20 Å². The van der Waals surface area contributed by atoms with E-state index in [0.29, 0.717) is 11.3 Å². The molecule has 3 heteroatoms. The lowest BCUT2D eigenvalue weighted by molar-refractivity contribution is -0.908. The molecule has 0 aliphatic heterocycles. The summed E-state index contributed by atoms with van der Waals surface area (Å²) in [4.78, 5) is 0. The van der Waals surface area contributed by atoms with Gasteiger partial charge in [0.05, 0.1) is 0 Å². The highest BCUT2D eigenvalue weighted by Crippen LogP contribution is 1.93. The first-order valence-corrected chi connectivity index (χ1v) is 2.85. The van der Waals surface area contributed by atoms with Crippen molar-refractivity contribution in [2.24, 2.45) is 0 Å². The Morgan fingerprint density at radius 1 is 1.60 bits per heavy atom. The second-order valence-corrected chi connectivity index (χ2v) is 2.02. The van der Waals surface area contributed by atoms with Crippen molar-refractivity contribution >= 4 is 0 Å². The number of nitriles is 1.